The molecule has 0 aliphatic carbocycles. The normalized spacial score (nSPS) is 12.7. The number of carbonyl (C=O) groups excluding carboxylic acids is 1. The molecule has 23 heavy (non-hydrogen) atoms. The van der Waals surface area contributed by atoms with Crippen molar-refractivity contribution in [3.8, 4) is 0 Å². The van der Waals surface area contributed by atoms with Crippen molar-refractivity contribution in [2.75, 3.05) is 6.54 Å². The molecule has 0 spiro atoms. The van der Waals surface area contributed by atoms with Crippen LogP contribution in [-0.4, -0.2) is 28.8 Å². The van der Waals surface area contributed by atoms with Crippen LogP contribution in [0.5, 0.6) is 0 Å². The van der Waals surface area contributed by atoms with E-state index in [2.05, 4.69) is 26.1 Å². The van der Waals surface area contributed by atoms with Crippen molar-refractivity contribution >= 4 is 23.6 Å². The number of rotatable bonds is 8. The van der Waals surface area contributed by atoms with Gasteiger partial charge in [0.15, 0.2) is 0 Å². The van der Waals surface area contributed by atoms with Crippen LogP contribution in [-0.2, 0) is 4.79 Å². The molecule has 4 nitrogen and oxygen atoms in total. The first-order chi connectivity index (χ1) is 10.7. The van der Waals surface area contributed by atoms with Crippen LogP contribution in [0.4, 0.5) is 0 Å². The molecule has 0 aromatic heterocycles. The number of hydrogen-bond donors (Lipinski definition) is 2. The molecular formula is C18H27NO3S. The van der Waals surface area contributed by atoms with Gasteiger partial charge in [-0.1, -0.05) is 39.3 Å². The van der Waals surface area contributed by atoms with Crippen molar-refractivity contribution in [3.05, 3.63) is 29.8 Å². The number of hydrogen-bond acceptors (Lipinski definition) is 3. The number of thioether (sulfide) groups is 1. The number of benzene rings is 1. The summed E-state index contributed by atoms with van der Waals surface area (Å²) in [6, 6.07) is 7.14. The maximum Gasteiger partial charge on any atom is 0.316 e. The molecule has 1 aromatic carbocycles. The van der Waals surface area contributed by atoms with Gasteiger partial charge < -0.3 is 10.4 Å². The zero-order valence-electron chi connectivity index (χ0n) is 14.4. The van der Waals surface area contributed by atoms with E-state index in [1.54, 1.807) is 25.1 Å². The van der Waals surface area contributed by atoms with Crippen LogP contribution in [0.25, 0.3) is 0 Å². The Morgan fingerprint density at radius 2 is 1.87 bits per heavy atom. The van der Waals surface area contributed by atoms with Gasteiger partial charge in [0.1, 0.15) is 5.25 Å². The van der Waals surface area contributed by atoms with Crippen LogP contribution in [0.2, 0.25) is 0 Å². The number of carbonyl (C=O) groups is 2. The van der Waals surface area contributed by atoms with Crippen molar-refractivity contribution in [2.24, 2.45) is 5.41 Å². The zero-order valence-corrected chi connectivity index (χ0v) is 15.2. The van der Waals surface area contributed by atoms with Gasteiger partial charge in [-0.2, -0.15) is 0 Å². The van der Waals surface area contributed by atoms with Crippen molar-refractivity contribution in [1.82, 2.24) is 5.32 Å². The lowest BCUT2D eigenvalue weighted by atomic mass is 9.90. The number of carboxylic acids is 1. The summed E-state index contributed by atoms with van der Waals surface area (Å²) in [6.07, 6.45) is 3.16. The average molecular weight is 337 g/mol. The lowest BCUT2D eigenvalue weighted by molar-refractivity contribution is -0.136. The molecule has 1 unspecified atom stereocenters. The second-order valence-electron chi connectivity index (χ2n) is 6.87. The van der Waals surface area contributed by atoms with Gasteiger partial charge in [0.25, 0.3) is 5.91 Å². The summed E-state index contributed by atoms with van der Waals surface area (Å²) in [6.45, 7) is 8.89. The van der Waals surface area contributed by atoms with E-state index >= 15 is 0 Å². The SMILES string of the molecule is CC(Sc1ccccc1C(=O)NCCCCC(C)(C)C)C(=O)O. The summed E-state index contributed by atoms with van der Waals surface area (Å²) in [7, 11) is 0. The number of unbranched alkanes of at least 4 members (excludes halogenated alkanes) is 1. The third-order valence-corrected chi connectivity index (χ3v) is 4.59. The van der Waals surface area contributed by atoms with Crippen LogP contribution in [0.15, 0.2) is 29.2 Å². The first kappa shape index (κ1) is 19.6. The Labute approximate surface area is 143 Å². The lowest BCUT2D eigenvalue weighted by Gasteiger charge is -2.17. The number of amides is 1. The molecule has 0 saturated carbocycles. The number of nitrogens with one attached hydrogen (secondary N) is 1. The Morgan fingerprint density at radius 1 is 1.22 bits per heavy atom. The van der Waals surface area contributed by atoms with Crippen molar-refractivity contribution < 1.29 is 14.7 Å². The van der Waals surface area contributed by atoms with Crippen LogP contribution < -0.4 is 5.32 Å². The van der Waals surface area contributed by atoms with Gasteiger partial charge in [-0.05, 0) is 37.3 Å². The van der Waals surface area contributed by atoms with Gasteiger partial charge in [0.2, 0.25) is 0 Å². The second kappa shape index (κ2) is 8.96. The highest BCUT2D eigenvalue weighted by Crippen LogP contribution is 2.27. The predicted octanol–water partition coefficient (Wildman–Crippen LogP) is 4.20. The molecular weight excluding hydrogens is 310 g/mol. The third-order valence-electron chi connectivity index (χ3n) is 3.42. The first-order valence-electron chi connectivity index (χ1n) is 7.97. The highest BCUT2D eigenvalue weighted by Gasteiger charge is 2.17. The van der Waals surface area contributed by atoms with E-state index in [-0.39, 0.29) is 5.91 Å². The second-order valence-corrected chi connectivity index (χ2v) is 8.25. The van der Waals surface area contributed by atoms with Gasteiger partial charge in [0.05, 0.1) is 5.56 Å². The van der Waals surface area contributed by atoms with Gasteiger partial charge in [0, 0.05) is 11.4 Å². The van der Waals surface area contributed by atoms with E-state index in [1.165, 1.54) is 11.8 Å². The summed E-state index contributed by atoms with van der Waals surface area (Å²) < 4.78 is 0. The lowest BCUT2D eigenvalue weighted by Crippen LogP contribution is -2.25. The topological polar surface area (TPSA) is 66.4 Å². The van der Waals surface area contributed by atoms with E-state index in [1.807, 2.05) is 6.07 Å². The predicted molar refractivity (Wildman–Crippen MR) is 95.0 cm³/mol. The molecule has 0 radical (unpaired) electrons. The van der Waals surface area contributed by atoms with Crippen LogP contribution in [0, 0.1) is 5.41 Å². The highest BCUT2D eigenvalue weighted by atomic mass is 32.2. The van der Waals surface area contributed by atoms with Gasteiger partial charge in [-0.3, -0.25) is 9.59 Å². The Balaban J connectivity index is 2.54. The molecule has 5 heteroatoms. The largest absolute Gasteiger partial charge is 0.480 e. The molecule has 2 N–H and O–H groups in total. The summed E-state index contributed by atoms with van der Waals surface area (Å²) in [5.74, 6) is -1.02. The molecule has 1 aromatic rings. The first-order valence-corrected chi connectivity index (χ1v) is 8.85. The smallest absolute Gasteiger partial charge is 0.316 e. The standard InChI is InChI=1S/C18H27NO3S/c1-13(17(21)22)23-15-10-6-5-9-14(15)16(20)19-12-8-7-11-18(2,3)4/h5-6,9-10,13H,7-8,11-12H2,1-4H3,(H,19,20)(H,21,22). The molecule has 1 rings (SSSR count). The van der Waals surface area contributed by atoms with Crippen LogP contribution in [0.1, 0.15) is 57.3 Å². The summed E-state index contributed by atoms with van der Waals surface area (Å²) in [5.41, 5.74) is 0.863. The minimum Gasteiger partial charge on any atom is -0.480 e. The van der Waals surface area contributed by atoms with Crippen molar-refractivity contribution in [2.45, 2.75) is 57.1 Å². The minimum atomic E-state index is -0.882. The maximum atomic E-state index is 12.3. The maximum absolute atomic E-state index is 12.3. The van der Waals surface area contributed by atoms with E-state index < -0.39 is 11.2 Å². The Morgan fingerprint density at radius 3 is 2.48 bits per heavy atom. The third kappa shape index (κ3) is 7.55. The average Bonchev–Trinajstić information content (AvgIpc) is 2.45. The minimum absolute atomic E-state index is 0.138. The van der Waals surface area contributed by atoms with Crippen molar-refractivity contribution in [3.63, 3.8) is 0 Å². The molecule has 0 fully saturated rings. The van der Waals surface area contributed by atoms with E-state index in [9.17, 15) is 9.59 Å². The zero-order chi connectivity index (χ0) is 17.5. The monoisotopic (exact) mass is 337 g/mol. The van der Waals surface area contributed by atoms with E-state index in [0.29, 0.717) is 22.4 Å². The van der Waals surface area contributed by atoms with E-state index in [4.69, 9.17) is 5.11 Å². The molecule has 0 saturated heterocycles. The van der Waals surface area contributed by atoms with Gasteiger partial charge in [-0.25, -0.2) is 0 Å². The molecule has 128 valence electrons. The fourth-order valence-electron chi connectivity index (χ4n) is 2.08. The van der Waals surface area contributed by atoms with Gasteiger partial charge in [-0.15, -0.1) is 11.8 Å². The molecule has 1 amide bonds. The fourth-order valence-corrected chi connectivity index (χ4v) is 3.00. The summed E-state index contributed by atoms with van der Waals surface area (Å²) >= 11 is 1.19. The Bertz CT molecular complexity index is 537. The highest BCUT2D eigenvalue weighted by molar-refractivity contribution is 8.00. The van der Waals surface area contributed by atoms with Crippen LogP contribution >= 0.6 is 11.8 Å². The molecule has 0 aliphatic heterocycles. The summed E-state index contributed by atoms with van der Waals surface area (Å²) in [5, 5.41) is 11.4. The quantitative estimate of drug-likeness (QED) is 0.551. The Kier molecular flexibility index (Phi) is 7.62. The fraction of sp³-hybridized carbons (Fsp3) is 0.556. The van der Waals surface area contributed by atoms with Gasteiger partial charge >= 0.3 is 5.97 Å². The number of aliphatic carboxylic acids is 1. The summed E-state index contributed by atoms with van der Waals surface area (Å²) in [4.78, 5) is 24.0. The molecule has 1 atom stereocenters. The number of carboxylic acid groups (broad SMARTS) is 1. The Hall–Kier alpha value is -1.49. The molecule has 0 aliphatic rings. The van der Waals surface area contributed by atoms with Crippen molar-refractivity contribution in [1.29, 1.82) is 0 Å². The molecule has 0 heterocycles. The van der Waals surface area contributed by atoms with Crippen LogP contribution in [0.3, 0.4) is 0 Å². The van der Waals surface area contributed by atoms with E-state index in [0.717, 1.165) is 19.3 Å². The molecule has 0 bridgehead atoms.